The number of aromatic nitrogens is 3. The topological polar surface area (TPSA) is 123 Å². The Balaban J connectivity index is 1.52. The average molecular weight is 358 g/mol. The second-order valence-electron chi connectivity index (χ2n) is 6.51. The highest BCUT2D eigenvalue weighted by Gasteiger charge is 2.21. The summed E-state index contributed by atoms with van der Waals surface area (Å²) in [5, 5.41) is 11.2. The number of H-pyrrole nitrogens is 2. The molecule has 3 rings (SSSR count). The van der Waals surface area contributed by atoms with Gasteiger partial charge in [-0.25, -0.2) is 14.7 Å². The lowest BCUT2D eigenvalue weighted by atomic mass is 9.99. The lowest BCUT2D eigenvalue weighted by Crippen LogP contribution is -2.39. The highest BCUT2D eigenvalue weighted by molar-refractivity contribution is 5.95. The van der Waals surface area contributed by atoms with Crippen LogP contribution in [0.3, 0.4) is 0 Å². The van der Waals surface area contributed by atoms with Gasteiger partial charge < -0.3 is 15.5 Å². The summed E-state index contributed by atoms with van der Waals surface area (Å²) in [7, 11) is 0. The van der Waals surface area contributed by atoms with E-state index in [2.05, 4.69) is 32.7 Å². The standard InChI is InChI=1S/C17H22N6O3/c1-11-3-2-8-23(10-11)15(24)12-4-6-13(7-5-12)19-16(25)18-9-14-20-17(26)22-21-14/h4-7,11H,2-3,8-10H2,1H3,(H2,18,19,25)(H2,20,21,22,26)/t11-/m0/s1. The molecule has 0 bridgehead atoms. The number of nitrogens with one attached hydrogen (secondary N) is 4. The van der Waals surface area contributed by atoms with Crippen LogP contribution in [0, 0.1) is 5.92 Å². The number of aromatic amines is 2. The summed E-state index contributed by atoms with van der Waals surface area (Å²) in [5.41, 5.74) is 0.756. The smallest absolute Gasteiger partial charge is 0.338 e. The number of likely N-dealkylation sites (tertiary alicyclic amines) is 1. The molecule has 0 spiro atoms. The molecule has 1 aliphatic rings. The Hall–Kier alpha value is -3.10. The van der Waals surface area contributed by atoms with Crippen molar-refractivity contribution in [2.75, 3.05) is 18.4 Å². The molecule has 2 aromatic rings. The van der Waals surface area contributed by atoms with Crippen molar-refractivity contribution in [2.24, 2.45) is 5.92 Å². The van der Waals surface area contributed by atoms with E-state index in [1.807, 2.05) is 4.90 Å². The fourth-order valence-corrected chi connectivity index (χ4v) is 2.98. The number of hydrogen-bond donors (Lipinski definition) is 4. The Labute approximate surface area is 150 Å². The SMILES string of the molecule is C[C@H]1CCCN(C(=O)c2ccc(NC(=O)NCc3n[nH]c(=O)[nH]3)cc2)C1. The third kappa shape index (κ3) is 4.50. The van der Waals surface area contributed by atoms with Gasteiger partial charge in [0.2, 0.25) is 0 Å². The van der Waals surface area contributed by atoms with Crippen molar-refractivity contribution in [1.29, 1.82) is 0 Å². The van der Waals surface area contributed by atoms with Gasteiger partial charge in [0.05, 0.1) is 6.54 Å². The zero-order valence-corrected chi connectivity index (χ0v) is 14.5. The van der Waals surface area contributed by atoms with Crippen LogP contribution in [0.1, 0.15) is 35.9 Å². The Bertz CT molecular complexity index is 826. The van der Waals surface area contributed by atoms with Gasteiger partial charge in [0.1, 0.15) is 5.82 Å². The molecule has 0 aliphatic carbocycles. The van der Waals surface area contributed by atoms with Crippen molar-refractivity contribution < 1.29 is 9.59 Å². The van der Waals surface area contributed by atoms with Crippen LogP contribution >= 0.6 is 0 Å². The van der Waals surface area contributed by atoms with E-state index in [0.29, 0.717) is 23.0 Å². The number of urea groups is 1. The van der Waals surface area contributed by atoms with Gasteiger partial charge in [-0.3, -0.25) is 9.78 Å². The van der Waals surface area contributed by atoms with Crippen LogP contribution in [0.5, 0.6) is 0 Å². The lowest BCUT2D eigenvalue weighted by Gasteiger charge is -2.31. The number of nitrogens with zero attached hydrogens (tertiary/aromatic N) is 2. The monoisotopic (exact) mass is 358 g/mol. The van der Waals surface area contributed by atoms with Gasteiger partial charge in [-0.15, -0.1) is 0 Å². The van der Waals surface area contributed by atoms with Crippen molar-refractivity contribution in [3.8, 4) is 0 Å². The molecule has 9 nitrogen and oxygen atoms in total. The van der Waals surface area contributed by atoms with Gasteiger partial charge >= 0.3 is 11.7 Å². The molecule has 1 fully saturated rings. The van der Waals surface area contributed by atoms with Gasteiger partial charge in [-0.1, -0.05) is 6.92 Å². The number of benzene rings is 1. The second-order valence-corrected chi connectivity index (χ2v) is 6.51. The molecule has 0 unspecified atom stereocenters. The predicted molar refractivity (Wildman–Crippen MR) is 95.8 cm³/mol. The minimum absolute atomic E-state index is 0.0232. The summed E-state index contributed by atoms with van der Waals surface area (Å²) in [4.78, 5) is 39.6. The fraction of sp³-hybridized carbons (Fsp3) is 0.412. The molecule has 1 aromatic carbocycles. The van der Waals surface area contributed by atoms with E-state index in [9.17, 15) is 14.4 Å². The van der Waals surface area contributed by atoms with Crippen molar-refractivity contribution >= 4 is 17.6 Å². The van der Waals surface area contributed by atoms with E-state index < -0.39 is 11.7 Å². The normalized spacial score (nSPS) is 17.0. The first-order chi connectivity index (χ1) is 12.5. The molecule has 2 heterocycles. The van der Waals surface area contributed by atoms with Crippen molar-refractivity contribution in [2.45, 2.75) is 26.3 Å². The first-order valence-corrected chi connectivity index (χ1v) is 8.59. The molecular weight excluding hydrogens is 336 g/mol. The molecule has 1 aromatic heterocycles. The molecule has 0 saturated carbocycles. The minimum atomic E-state index is -0.433. The molecule has 138 valence electrons. The Morgan fingerprint density at radius 2 is 2.08 bits per heavy atom. The Morgan fingerprint density at radius 3 is 2.73 bits per heavy atom. The maximum absolute atomic E-state index is 12.5. The van der Waals surface area contributed by atoms with Crippen LogP contribution in [-0.4, -0.2) is 45.1 Å². The van der Waals surface area contributed by atoms with Crippen molar-refractivity contribution in [1.82, 2.24) is 25.4 Å². The number of hydrogen-bond acceptors (Lipinski definition) is 4. The molecule has 0 radical (unpaired) electrons. The van der Waals surface area contributed by atoms with Gasteiger partial charge in [0, 0.05) is 24.3 Å². The second kappa shape index (κ2) is 7.85. The van der Waals surface area contributed by atoms with Crippen molar-refractivity contribution in [3.63, 3.8) is 0 Å². The van der Waals surface area contributed by atoms with Gasteiger partial charge in [0.15, 0.2) is 0 Å². The van der Waals surface area contributed by atoms with Gasteiger partial charge in [0.25, 0.3) is 5.91 Å². The van der Waals surface area contributed by atoms with E-state index >= 15 is 0 Å². The summed E-state index contributed by atoms with van der Waals surface area (Å²) < 4.78 is 0. The number of anilines is 1. The van der Waals surface area contributed by atoms with E-state index in [1.165, 1.54) is 0 Å². The van der Waals surface area contributed by atoms with Crippen LogP contribution in [0.15, 0.2) is 29.1 Å². The highest BCUT2D eigenvalue weighted by atomic mass is 16.2. The summed E-state index contributed by atoms with van der Waals surface area (Å²) in [6.45, 7) is 3.83. The quantitative estimate of drug-likeness (QED) is 0.657. The molecule has 1 atom stereocenters. The van der Waals surface area contributed by atoms with Gasteiger partial charge in [-0.2, -0.15) is 5.10 Å². The van der Waals surface area contributed by atoms with Crippen molar-refractivity contribution in [3.05, 3.63) is 46.1 Å². The zero-order chi connectivity index (χ0) is 18.5. The Morgan fingerprint density at radius 1 is 1.31 bits per heavy atom. The average Bonchev–Trinajstić information content (AvgIpc) is 3.05. The fourth-order valence-electron chi connectivity index (χ4n) is 2.98. The number of carbonyl (C=O) groups is 2. The number of amides is 3. The van der Waals surface area contributed by atoms with Crippen LogP contribution in [0.2, 0.25) is 0 Å². The summed E-state index contributed by atoms with van der Waals surface area (Å²) >= 11 is 0. The molecule has 3 amide bonds. The minimum Gasteiger partial charge on any atom is -0.338 e. The highest BCUT2D eigenvalue weighted by Crippen LogP contribution is 2.19. The first kappa shape index (κ1) is 17.7. The number of piperidine rings is 1. The van der Waals surface area contributed by atoms with E-state index in [1.54, 1.807) is 24.3 Å². The molecule has 1 aliphatic heterocycles. The molecular formula is C17H22N6O3. The molecule has 26 heavy (non-hydrogen) atoms. The predicted octanol–water partition coefficient (Wildman–Crippen LogP) is 1.29. The molecule has 4 N–H and O–H groups in total. The third-order valence-electron chi connectivity index (χ3n) is 4.30. The lowest BCUT2D eigenvalue weighted by molar-refractivity contribution is 0.0683. The Kier molecular flexibility index (Phi) is 5.35. The van der Waals surface area contributed by atoms with E-state index in [0.717, 1.165) is 25.9 Å². The summed E-state index contributed by atoms with van der Waals surface area (Å²) in [6, 6.07) is 6.37. The van der Waals surface area contributed by atoms with Crippen LogP contribution in [0.4, 0.5) is 10.5 Å². The third-order valence-corrected chi connectivity index (χ3v) is 4.30. The maximum atomic E-state index is 12.5. The number of carbonyl (C=O) groups excluding carboxylic acids is 2. The van der Waals surface area contributed by atoms with E-state index in [4.69, 9.17) is 0 Å². The van der Waals surface area contributed by atoms with E-state index in [-0.39, 0.29) is 12.5 Å². The number of rotatable bonds is 4. The van der Waals surface area contributed by atoms with Gasteiger partial charge in [-0.05, 0) is 43.0 Å². The maximum Gasteiger partial charge on any atom is 0.340 e. The largest absolute Gasteiger partial charge is 0.340 e. The van der Waals surface area contributed by atoms with Crippen LogP contribution in [-0.2, 0) is 6.54 Å². The van der Waals surface area contributed by atoms with Crippen LogP contribution < -0.4 is 16.3 Å². The molecule has 9 heteroatoms. The summed E-state index contributed by atoms with van der Waals surface area (Å²) in [5.74, 6) is 0.888. The summed E-state index contributed by atoms with van der Waals surface area (Å²) in [6.07, 6.45) is 2.20. The first-order valence-electron chi connectivity index (χ1n) is 8.59. The zero-order valence-electron chi connectivity index (χ0n) is 14.5. The van der Waals surface area contributed by atoms with Crippen LogP contribution in [0.25, 0.3) is 0 Å². The molecule has 1 saturated heterocycles.